The first kappa shape index (κ1) is 16.1. The van der Waals surface area contributed by atoms with Gasteiger partial charge in [0.15, 0.2) is 10.8 Å². The van der Waals surface area contributed by atoms with Gasteiger partial charge >= 0.3 is 0 Å². The highest BCUT2D eigenvalue weighted by molar-refractivity contribution is 7.17. The lowest BCUT2D eigenvalue weighted by atomic mass is 10.1. The van der Waals surface area contributed by atoms with Crippen molar-refractivity contribution in [2.75, 3.05) is 13.2 Å². The van der Waals surface area contributed by atoms with Gasteiger partial charge in [0.25, 0.3) is 5.91 Å². The van der Waals surface area contributed by atoms with E-state index in [0.717, 1.165) is 25.0 Å². The Morgan fingerprint density at radius 2 is 2.12 bits per heavy atom. The predicted molar refractivity (Wildman–Crippen MR) is 96.6 cm³/mol. The van der Waals surface area contributed by atoms with Gasteiger partial charge in [-0.15, -0.1) is 11.3 Å². The molecule has 6 heteroatoms. The van der Waals surface area contributed by atoms with Crippen LogP contribution in [-0.2, 0) is 4.74 Å². The topological polar surface area (TPSA) is 64.4 Å². The first-order valence-electron chi connectivity index (χ1n) is 8.31. The molecular formula is C19H18N2O3S. The largest absolute Gasteiger partial charge is 0.462 e. The fraction of sp³-hybridized carbons (Fsp3) is 0.263. The van der Waals surface area contributed by atoms with E-state index < -0.39 is 0 Å². The van der Waals surface area contributed by atoms with Gasteiger partial charge in [0.05, 0.1) is 18.1 Å². The molecule has 1 N–H and O–H groups in total. The van der Waals surface area contributed by atoms with Crippen molar-refractivity contribution in [3.63, 3.8) is 0 Å². The summed E-state index contributed by atoms with van der Waals surface area (Å²) in [4.78, 5) is 18.0. The fourth-order valence-corrected chi connectivity index (χ4v) is 3.84. The van der Waals surface area contributed by atoms with Crippen molar-refractivity contribution >= 4 is 17.2 Å². The molecule has 128 valence electrons. The predicted octanol–water partition coefficient (Wildman–Crippen LogP) is 3.98. The molecule has 0 aliphatic carbocycles. The van der Waals surface area contributed by atoms with Gasteiger partial charge in [0.2, 0.25) is 0 Å². The van der Waals surface area contributed by atoms with Crippen molar-refractivity contribution in [3.05, 3.63) is 53.6 Å². The fourth-order valence-electron chi connectivity index (χ4n) is 2.86. The van der Waals surface area contributed by atoms with E-state index in [4.69, 9.17) is 9.15 Å². The van der Waals surface area contributed by atoms with Gasteiger partial charge in [-0.3, -0.25) is 4.79 Å². The first-order valence-corrected chi connectivity index (χ1v) is 9.13. The van der Waals surface area contributed by atoms with E-state index in [9.17, 15) is 4.79 Å². The van der Waals surface area contributed by atoms with E-state index in [0.29, 0.717) is 27.9 Å². The first-order chi connectivity index (χ1) is 12.3. The summed E-state index contributed by atoms with van der Waals surface area (Å²) in [5.41, 5.74) is 1.60. The zero-order chi connectivity index (χ0) is 17.1. The molecule has 1 saturated heterocycles. The second kappa shape index (κ2) is 7.21. The second-order valence-corrected chi connectivity index (χ2v) is 6.88. The molecule has 0 bridgehead atoms. The van der Waals surface area contributed by atoms with Crippen molar-refractivity contribution in [2.24, 2.45) is 0 Å². The molecule has 0 saturated carbocycles. The summed E-state index contributed by atoms with van der Waals surface area (Å²) >= 11 is 1.34. The van der Waals surface area contributed by atoms with Gasteiger partial charge in [-0.2, -0.15) is 0 Å². The molecular weight excluding hydrogens is 336 g/mol. The molecule has 3 heterocycles. The molecule has 3 aromatic rings. The monoisotopic (exact) mass is 354 g/mol. The number of hydrogen-bond acceptors (Lipinski definition) is 5. The molecule has 0 radical (unpaired) electrons. The lowest BCUT2D eigenvalue weighted by Crippen LogP contribution is -2.31. The Morgan fingerprint density at radius 1 is 1.24 bits per heavy atom. The van der Waals surface area contributed by atoms with Crippen LogP contribution in [0.25, 0.3) is 22.0 Å². The van der Waals surface area contributed by atoms with Crippen LogP contribution in [0.2, 0.25) is 0 Å². The van der Waals surface area contributed by atoms with Crippen LogP contribution in [0.15, 0.2) is 53.1 Å². The SMILES string of the molecule is O=C(NC[C@@H]1CCCO1)c1sc(-c2ccco2)nc1-c1ccccc1. The number of carbonyl (C=O) groups is 1. The maximum atomic E-state index is 12.8. The highest BCUT2D eigenvalue weighted by atomic mass is 32.1. The molecule has 1 fully saturated rings. The molecule has 1 aromatic carbocycles. The number of nitrogens with one attached hydrogen (secondary N) is 1. The quantitative estimate of drug-likeness (QED) is 0.753. The van der Waals surface area contributed by atoms with Gasteiger partial charge in [-0.05, 0) is 25.0 Å². The third kappa shape index (κ3) is 3.50. The number of hydrogen-bond donors (Lipinski definition) is 1. The Kier molecular flexibility index (Phi) is 4.63. The summed E-state index contributed by atoms with van der Waals surface area (Å²) in [5, 5.41) is 3.69. The van der Waals surface area contributed by atoms with Crippen molar-refractivity contribution < 1.29 is 13.9 Å². The Morgan fingerprint density at radius 3 is 2.84 bits per heavy atom. The van der Waals surface area contributed by atoms with E-state index in [-0.39, 0.29) is 12.0 Å². The highest BCUT2D eigenvalue weighted by Gasteiger charge is 2.23. The number of rotatable bonds is 5. The number of carbonyl (C=O) groups excluding carboxylic acids is 1. The van der Waals surface area contributed by atoms with E-state index >= 15 is 0 Å². The normalized spacial score (nSPS) is 16.9. The zero-order valence-corrected chi connectivity index (χ0v) is 14.4. The lowest BCUT2D eigenvalue weighted by molar-refractivity contribution is 0.0861. The molecule has 1 aliphatic rings. The van der Waals surface area contributed by atoms with Gasteiger partial charge < -0.3 is 14.5 Å². The van der Waals surface area contributed by atoms with E-state index in [1.165, 1.54) is 11.3 Å². The number of ether oxygens (including phenoxy) is 1. The molecule has 5 nitrogen and oxygen atoms in total. The highest BCUT2D eigenvalue weighted by Crippen LogP contribution is 2.34. The molecule has 25 heavy (non-hydrogen) atoms. The molecule has 1 aliphatic heterocycles. The summed E-state index contributed by atoms with van der Waals surface area (Å²) < 4.78 is 11.0. The smallest absolute Gasteiger partial charge is 0.263 e. The van der Waals surface area contributed by atoms with Crippen molar-refractivity contribution in [3.8, 4) is 22.0 Å². The van der Waals surface area contributed by atoms with Gasteiger partial charge in [0, 0.05) is 18.7 Å². The van der Waals surface area contributed by atoms with Crippen LogP contribution in [0.1, 0.15) is 22.5 Å². The number of benzene rings is 1. The number of thiazole rings is 1. The van der Waals surface area contributed by atoms with Crippen LogP contribution < -0.4 is 5.32 Å². The molecule has 1 atom stereocenters. The zero-order valence-electron chi connectivity index (χ0n) is 13.6. The van der Waals surface area contributed by atoms with Crippen LogP contribution in [0.4, 0.5) is 0 Å². The average molecular weight is 354 g/mol. The molecule has 0 unspecified atom stereocenters. The maximum absolute atomic E-state index is 12.8. The van der Waals surface area contributed by atoms with Crippen molar-refractivity contribution in [1.29, 1.82) is 0 Å². The Balaban J connectivity index is 1.63. The maximum Gasteiger partial charge on any atom is 0.263 e. The lowest BCUT2D eigenvalue weighted by Gasteiger charge is -2.10. The van der Waals surface area contributed by atoms with Crippen LogP contribution in [-0.4, -0.2) is 30.1 Å². The summed E-state index contributed by atoms with van der Waals surface area (Å²) in [7, 11) is 0. The summed E-state index contributed by atoms with van der Waals surface area (Å²) in [5.74, 6) is 0.546. The van der Waals surface area contributed by atoms with Gasteiger partial charge in [0.1, 0.15) is 4.88 Å². The molecule has 2 aromatic heterocycles. The molecule has 4 rings (SSSR count). The average Bonchev–Trinajstić information content (AvgIpc) is 3.41. The summed E-state index contributed by atoms with van der Waals surface area (Å²) in [6.07, 6.45) is 3.77. The Labute approximate surface area is 149 Å². The number of amides is 1. The van der Waals surface area contributed by atoms with Gasteiger partial charge in [-0.25, -0.2) is 4.98 Å². The van der Waals surface area contributed by atoms with Crippen LogP contribution in [0, 0.1) is 0 Å². The van der Waals surface area contributed by atoms with E-state index in [2.05, 4.69) is 10.3 Å². The minimum Gasteiger partial charge on any atom is -0.462 e. The number of aromatic nitrogens is 1. The minimum absolute atomic E-state index is 0.113. The number of nitrogens with zero attached hydrogens (tertiary/aromatic N) is 1. The minimum atomic E-state index is -0.121. The summed E-state index contributed by atoms with van der Waals surface area (Å²) in [6, 6.07) is 13.4. The third-order valence-electron chi connectivity index (χ3n) is 4.13. The number of furan rings is 1. The Hall–Kier alpha value is -2.44. The van der Waals surface area contributed by atoms with Gasteiger partial charge in [-0.1, -0.05) is 30.3 Å². The van der Waals surface area contributed by atoms with E-state index in [1.54, 1.807) is 6.26 Å². The van der Waals surface area contributed by atoms with Crippen molar-refractivity contribution in [1.82, 2.24) is 10.3 Å². The van der Waals surface area contributed by atoms with Crippen LogP contribution >= 0.6 is 11.3 Å². The second-order valence-electron chi connectivity index (χ2n) is 5.89. The molecule has 0 spiro atoms. The third-order valence-corrected chi connectivity index (χ3v) is 5.20. The Bertz CT molecular complexity index is 837. The van der Waals surface area contributed by atoms with Crippen LogP contribution in [0.3, 0.4) is 0 Å². The standard InChI is InChI=1S/C19H18N2O3S/c22-18(20-12-14-8-4-10-23-14)17-16(13-6-2-1-3-7-13)21-19(25-17)15-9-5-11-24-15/h1-3,5-7,9,11,14H,4,8,10,12H2,(H,20,22)/t14-/m0/s1. The molecule has 1 amide bonds. The van der Waals surface area contributed by atoms with E-state index in [1.807, 2.05) is 42.5 Å². The van der Waals surface area contributed by atoms with Crippen molar-refractivity contribution in [2.45, 2.75) is 18.9 Å². The summed E-state index contributed by atoms with van der Waals surface area (Å²) in [6.45, 7) is 1.31. The van der Waals surface area contributed by atoms with Crippen LogP contribution in [0.5, 0.6) is 0 Å².